The predicted molar refractivity (Wildman–Crippen MR) is 49.5 cm³/mol. The first kappa shape index (κ1) is 8.14. The normalized spacial score (nSPS) is 9.55. The molecule has 0 saturated carbocycles. The van der Waals surface area contributed by atoms with E-state index in [2.05, 4.69) is 4.98 Å². The number of aromatic nitrogens is 1. The molecule has 1 rings (SSSR count). The van der Waals surface area contributed by atoms with Crippen molar-refractivity contribution >= 4 is 17.2 Å². The Morgan fingerprint density at radius 2 is 2.45 bits per heavy atom. The van der Waals surface area contributed by atoms with Gasteiger partial charge in [0, 0.05) is 18.8 Å². The monoisotopic (exact) mass is 166 g/mol. The quantitative estimate of drug-likeness (QED) is 0.671. The second kappa shape index (κ2) is 3.44. The van der Waals surface area contributed by atoms with Crippen LogP contribution in [0.15, 0.2) is 18.5 Å². The Labute approximate surface area is 71.4 Å². The summed E-state index contributed by atoms with van der Waals surface area (Å²) in [7, 11) is 0. The number of hydrogen-bond donors (Lipinski definition) is 1. The lowest BCUT2D eigenvalue weighted by Gasteiger charge is -2.01. The van der Waals surface area contributed by atoms with Gasteiger partial charge in [0.1, 0.15) is 0 Å². The van der Waals surface area contributed by atoms with Gasteiger partial charge < -0.3 is 5.73 Å². The van der Waals surface area contributed by atoms with Crippen LogP contribution in [0.2, 0.25) is 0 Å². The third-order valence-corrected chi connectivity index (χ3v) is 1.66. The van der Waals surface area contributed by atoms with Crippen LogP contribution in [0.1, 0.15) is 11.1 Å². The Balaban J connectivity index is 2.86. The fourth-order valence-corrected chi connectivity index (χ4v) is 1.02. The minimum Gasteiger partial charge on any atom is -0.393 e. The minimum absolute atomic E-state index is 0.515. The number of nitrogens with zero attached hydrogens (tertiary/aromatic N) is 1. The average molecular weight is 166 g/mol. The van der Waals surface area contributed by atoms with Crippen LogP contribution in [0.4, 0.5) is 0 Å². The minimum atomic E-state index is 0.515. The second-order valence-electron chi connectivity index (χ2n) is 2.45. The number of pyridine rings is 1. The second-order valence-corrected chi connectivity index (χ2v) is 2.97. The van der Waals surface area contributed by atoms with Gasteiger partial charge in [0.2, 0.25) is 0 Å². The van der Waals surface area contributed by atoms with Crippen LogP contribution in [0.25, 0.3) is 0 Å². The van der Waals surface area contributed by atoms with Gasteiger partial charge in [-0.05, 0) is 24.1 Å². The molecule has 0 fully saturated rings. The van der Waals surface area contributed by atoms with E-state index in [1.165, 1.54) is 5.56 Å². The Hall–Kier alpha value is -0.960. The van der Waals surface area contributed by atoms with Crippen molar-refractivity contribution in [2.45, 2.75) is 13.3 Å². The maximum Gasteiger partial charge on any atom is 0.0772 e. The van der Waals surface area contributed by atoms with Crippen molar-refractivity contribution in [1.82, 2.24) is 4.98 Å². The van der Waals surface area contributed by atoms with Gasteiger partial charge in [-0.15, -0.1) is 0 Å². The van der Waals surface area contributed by atoms with Crippen LogP contribution in [-0.4, -0.2) is 9.97 Å². The Bertz CT molecular complexity index is 271. The molecule has 58 valence electrons. The summed E-state index contributed by atoms with van der Waals surface area (Å²) in [6, 6.07) is 1.95. The van der Waals surface area contributed by atoms with Crippen molar-refractivity contribution in [2.75, 3.05) is 0 Å². The van der Waals surface area contributed by atoms with Crippen molar-refractivity contribution in [3.8, 4) is 0 Å². The number of hydrogen-bond acceptors (Lipinski definition) is 2. The molecule has 0 radical (unpaired) electrons. The molecule has 1 aromatic rings. The molecule has 11 heavy (non-hydrogen) atoms. The summed E-state index contributed by atoms with van der Waals surface area (Å²) in [6.45, 7) is 2.02. The summed E-state index contributed by atoms with van der Waals surface area (Å²) >= 11 is 4.79. The zero-order valence-electron chi connectivity index (χ0n) is 6.37. The lowest BCUT2D eigenvalue weighted by Crippen LogP contribution is -2.11. The number of nitrogens with two attached hydrogens (primary N) is 1. The number of aryl methyl sites for hydroxylation is 1. The molecular formula is C8H10N2S. The molecule has 0 amide bonds. The fourth-order valence-electron chi connectivity index (χ4n) is 0.869. The largest absolute Gasteiger partial charge is 0.393 e. The molecule has 0 aliphatic carbocycles. The van der Waals surface area contributed by atoms with Crippen LogP contribution in [0.5, 0.6) is 0 Å². The van der Waals surface area contributed by atoms with E-state index in [0.717, 1.165) is 5.56 Å². The van der Waals surface area contributed by atoms with E-state index in [1.54, 1.807) is 12.4 Å². The molecule has 0 aliphatic rings. The van der Waals surface area contributed by atoms with E-state index in [-0.39, 0.29) is 0 Å². The zero-order chi connectivity index (χ0) is 8.27. The van der Waals surface area contributed by atoms with Gasteiger partial charge >= 0.3 is 0 Å². The number of rotatable bonds is 2. The summed E-state index contributed by atoms with van der Waals surface area (Å²) < 4.78 is 0. The van der Waals surface area contributed by atoms with E-state index >= 15 is 0 Å². The van der Waals surface area contributed by atoms with E-state index in [1.807, 2.05) is 13.0 Å². The lowest BCUT2D eigenvalue weighted by molar-refractivity contribution is 1.17. The number of thiocarbonyl (C=S) groups is 1. The molecule has 0 atom stereocenters. The first-order chi connectivity index (χ1) is 5.20. The van der Waals surface area contributed by atoms with Crippen molar-refractivity contribution in [2.24, 2.45) is 5.73 Å². The molecule has 2 nitrogen and oxygen atoms in total. The first-order valence-electron chi connectivity index (χ1n) is 3.38. The van der Waals surface area contributed by atoms with Crippen molar-refractivity contribution in [3.63, 3.8) is 0 Å². The average Bonchev–Trinajstić information content (AvgIpc) is 1.93. The fraction of sp³-hybridized carbons (Fsp3) is 0.250. The van der Waals surface area contributed by atoms with Gasteiger partial charge in [-0.1, -0.05) is 12.2 Å². The third kappa shape index (κ3) is 2.27. The topological polar surface area (TPSA) is 38.9 Å². The standard InChI is InChI=1S/C8H10N2S/c1-6-2-3-10-5-7(6)4-8(9)11/h2-3,5H,4H2,1H3,(H2,9,11). The Kier molecular flexibility index (Phi) is 2.54. The Morgan fingerprint density at radius 3 is 3.00 bits per heavy atom. The summed E-state index contributed by atoms with van der Waals surface area (Å²) in [4.78, 5) is 4.50. The van der Waals surface area contributed by atoms with Crippen LogP contribution in [-0.2, 0) is 6.42 Å². The molecule has 0 unspecified atom stereocenters. The van der Waals surface area contributed by atoms with Gasteiger partial charge in [0.25, 0.3) is 0 Å². The first-order valence-corrected chi connectivity index (χ1v) is 3.79. The van der Waals surface area contributed by atoms with Gasteiger partial charge in [-0.3, -0.25) is 4.98 Å². The summed E-state index contributed by atoms with van der Waals surface area (Å²) in [5, 5.41) is 0. The van der Waals surface area contributed by atoms with E-state index < -0.39 is 0 Å². The molecule has 0 aromatic carbocycles. The smallest absolute Gasteiger partial charge is 0.0772 e. The maximum atomic E-state index is 5.40. The van der Waals surface area contributed by atoms with E-state index in [0.29, 0.717) is 11.4 Å². The van der Waals surface area contributed by atoms with Gasteiger partial charge in [-0.2, -0.15) is 0 Å². The van der Waals surface area contributed by atoms with Crippen molar-refractivity contribution in [1.29, 1.82) is 0 Å². The van der Waals surface area contributed by atoms with Crippen LogP contribution < -0.4 is 5.73 Å². The van der Waals surface area contributed by atoms with Gasteiger partial charge in [-0.25, -0.2) is 0 Å². The SMILES string of the molecule is Cc1ccncc1CC(N)=S. The molecule has 1 aromatic heterocycles. The van der Waals surface area contributed by atoms with Crippen molar-refractivity contribution < 1.29 is 0 Å². The summed E-state index contributed by atoms with van der Waals surface area (Å²) in [5.41, 5.74) is 7.70. The highest BCUT2D eigenvalue weighted by Gasteiger charge is 1.97. The van der Waals surface area contributed by atoms with Crippen LogP contribution >= 0.6 is 12.2 Å². The lowest BCUT2D eigenvalue weighted by atomic mass is 10.1. The summed E-state index contributed by atoms with van der Waals surface area (Å²) in [6.07, 6.45) is 4.21. The summed E-state index contributed by atoms with van der Waals surface area (Å²) in [5.74, 6) is 0. The van der Waals surface area contributed by atoms with Crippen LogP contribution in [0, 0.1) is 6.92 Å². The van der Waals surface area contributed by atoms with Gasteiger partial charge in [0.05, 0.1) is 4.99 Å². The highest BCUT2D eigenvalue weighted by Crippen LogP contribution is 2.04. The molecule has 0 bridgehead atoms. The molecule has 0 aliphatic heterocycles. The van der Waals surface area contributed by atoms with Crippen LogP contribution in [0.3, 0.4) is 0 Å². The van der Waals surface area contributed by atoms with Crippen molar-refractivity contribution in [3.05, 3.63) is 29.6 Å². The molecule has 0 saturated heterocycles. The van der Waals surface area contributed by atoms with E-state index in [9.17, 15) is 0 Å². The van der Waals surface area contributed by atoms with E-state index in [4.69, 9.17) is 18.0 Å². The maximum absolute atomic E-state index is 5.40. The molecule has 3 heteroatoms. The third-order valence-electron chi connectivity index (χ3n) is 1.51. The molecular weight excluding hydrogens is 156 g/mol. The molecule has 0 spiro atoms. The molecule has 2 N–H and O–H groups in total. The zero-order valence-corrected chi connectivity index (χ0v) is 7.19. The highest BCUT2D eigenvalue weighted by molar-refractivity contribution is 7.80. The van der Waals surface area contributed by atoms with Gasteiger partial charge in [0.15, 0.2) is 0 Å². The highest BCUT2D eigenvalue weighted by atomic mass is 32.1. The predicted octanol–water partition coefficient (Wildman–Crippen LogP) is 1.22. The molecule has 1 heterocycles. The Morgan fingerprint density at radius 1 is 1.73 bits per heavy atom.